The normalized spacial score (nSPS) is 32.4. The first-order chi connectivity index (χ1) is 8.67. The summed E-state index contributed by atoms with van der Waals surface area (Å²) in [5.74, 6) is -1.43. The zero-order chi connectivity index (χ0) is 14.4. The molecular formula is C14H16O5. The number of carbonyl (C=O) groups is 3. The van der Waals surface area contributed by atoms with Crippen molar-refractivity contribution in [3.8, 4) is 0 Å². The number of rotatable bonds is 3. The third kappa shape index (κ3) is 2.09. The largest absolute Gasteiger partial charge is 0.482 e. The van der Waals surface area contributed by atoms with Crippen molar-refractivity contribution in [3.05, 3.63) is 24.0 Å². The minimum Gasteiger partial charge on any atom is -0.482 e. The van der Waals surface area contributed by atoms with Crippen LogP contribution in [-0.4, -0.2) is 28.2 Å². The Morgan fingerprint density at radius 3 is 2.42 bits per heavy atom. The van der Waals surface area contributed by atoms with E-state index in [9.17, 15) is 14.4 Å². The Kier molecular flexibility index (Phi) is 2.88. The lowest BCUT2D eigenvalue weighted by atomic mass is 9.79. The molecule has 0 saturated carbocycles. The Balaban J connectivity index is 2.24. The number of carbonyl (C=O) groups excluding carboxylic acids is 2. The molecule has 102 valence electrons. The molecule has 0 unspecified atom stereocenters. The second kappa shape index (κ2) is 4.05. The molecular weight excluding hydrogens is 248 g/mol. The molecule has 1 N–H and O–H groups in total. The first-order valence-corrected chi connectivity index (χ1v) is 6.06. The number of aliphatic carboxylic acids is 1. The Labute approximate surface area is 110 Å². The molecule has 2 rings (SSSR count). The lowest BCUT2D eigenvalue weighted by Crippen LogP contribution is -2.36. The molecule has 2 atom stereocenters. The Morgan fingerprint density at radius 1 is 1.32 bits per heavy atom. The molecule has 0 bridgehead atoms. The van der Waals surface area contributed by atoms with Gasteiger partial charge in [-0.05, 0) is 13.0 Å². The fourth-order valence-electron chi connectivity index (χ4n) is 2.43. The van der Waals surface area contributed by atoms with Crippen molar-refractivity contribution in [1.82, 2.24) is 0 Å². The number of hydrogen-bond donors (Lipinski definition) is 1. The molecule has 19 heavy (non-hydrogen) atoms. The predicted octanol–water partition coefficient (Wildman–Crippen LogP) is 1.48. The standard InChI is InChI=1S/C14H16O5/c1-13(2)8(4-5-10(13)15)9-6-11(16)14(3,19-9)7-12(17)18/h4-6,8H,7H2,1-3H3,(H,17,18)/t8-,14+/m0/s1. The highest BCUT2D eigenvalue weighted by Crippen LogP contribution is 2.44. The van der Waals surface area contributed by atoms with Crippen LogP contribution >= 0.6 is 0 Å². The smallest absolute Gasteiger partial charge is 0.307 e. The van der Waals surface area contributed by atoms with E-state index in [1.54, 1.807) is 19.9 Å². The molecule has 0 radical (unpaired) electrons. The molecule has 1 heterocycles. The topological polar surface area (TPSA) is 80.7 Å². The van der Waals surface area contributed by atoms with E-state index in [-0.39, 0.29) is 17.5 Å². The van der Waals surface area contributed by atoms with Crippen LogP contribution in [0.2, 0.25) is 0 Å². The Bertz CT molecular complexity index is 526. The molecule has 0 aromatic rings. The molecule has 0 aromatic heterocycles. The fourth-order valence-corrected chi connectivity index (χ4v) is 2.43. The summed E-state index contributed by atoms with van der Waals surface area (Å²) < 4.78 is 5.57. The van der Waals surface area contributed by atoms with Crippen molar-refractivity contribution >= 4 is 17.5 Å². The molecule has 0 amide bonds. The molecule has 0 aromatic carbocycles. The SMILES string of the molecule is CC1(C)C(=O)C=C[C@H]1C1=CC(=O)[C@@](C)(CC(=O)O)O1. The van der Waals surface area contributed by atoms with E-state index in [0.717, 1.165) is 0 Å². The molecule has 5 nitrogen and oxygen atoms in total. The maximum Gasteiger partial charge on any atom is 0.307 e. The molecule has 1 aliphatic carbocycles. The fraction of sp³-hybridized carbons (Fsp3) is 0.500. The van der Waals surface area contributed by atoms with Gasteiger partial charge >= 0.3 is 5.97 Å². The van der Waals surface area contributed by atoms with Gasteiger partial charge in [0, 0.05) is 17.4 Å². The quantitative estimate of drug-likeness (QED) is 0.835. The summed E-state index contributed by atoms with van der Waals surface area (Å²) in [7, 11) is 0. The van der Waals surface area contributed by atoms with E-state index in [1.807, 2.05) is 0 Å². The van der Waals surface area contributed by atoms with E-state index in [2.05, 4.69) is 0 Å². The summed E-state index contributed by atoms with van der Waals surface area (Å²) in [5.41, 5.74) is -2.03. The van der Waals surface area contributed by atoms with Crippen molar-refractivity contribution in [2.75, 3.05) is 0 Å². The summed E-state index contributed by atoms with van der Waals surface area (Å²) in [5, 5.41) is 8.83. The first-order valence-electron chi connectivity index (χ1n) is 6.06. The van der Waals surface area contributed by atoms with Crippen LogP contribution in [0.15, 0.2) is 24.0 Å². The predicted molar refractivity (Wildman–Crippen MR) is 66.3 cm³/mol. The Hall–Kier alpha value is -1.91. The van der Waals surface area contributed by atoms with Crippen molar-refractivity contribution in [2.24, 2.45) is 11.3 Å². The summed E-state index contributed by atoms with van der Waals surface area (Å²) in [6.07, 6.45) is 4.11. The number of hydrogen-bond acceptors (Lipinski definition) is 4. The minimum atomic E-state index is -1.36. The van der Waals surface area contributed by atoms with E-state index >= 15 is 0 Å². The monoisotopic (exact) mass is 264 g/mol. The van der Waals surface area contributed by atoms with Crippen LogP contribution in [0.25, 0.3) is 0 Å². The van der Waals surface area contributed by atoms with Crippen LogP contribution in [0.4, 0.5) is 0 Å². The van der Waals surface area contributed by atoms with Crippen LogP contribution in [0.3, 0.4) is 0 Å². The van der Waals surface area contributed by atoms with Gasteiger partial charge in [-0.3, -0.25) is 14.4 Å². The average Bonchev–Trinajstić information content (AvgIpc) is 2.66. The second-order valence-electron chi connectivity index (χ2n) is 5.74. The molecule has 0 saturated heterocycles. The van der Waals surface area contributed by atoms with Gasteiger partial charge in [0.25, 0.3) is 0 Å². The molecule has 1 aliphatic heterocycles. The van der Waals surface area contributed by atoms with Crippen molar-refractivity contribution in [1.29, 1.82) is 0 Å². The van der Waals surface area contributed by atoms with E-state index in [1.165, 1.54) is 19.1 Å². The van der Waals surface area contributed by atoms with Gasteiger partial charge in [-0.2, -0.15) is 0 Å². The zero-order valence-electron chi connectivity index (χ0n) is 11.1. The summed E-state index contributed by atoms with van der Waals surface area (Å²) >= 11 is 0. The van der Waals surface area contributed by atoms with Gasteiger partial charge in [0.15, 0.2) is 11.4 Å². The van der Waals surface area contributed by atoms with Crippen LogP contribution in [-0.2, 0) is 19.1 Å². The third-order valence-electron chi connectivity index (χ3n) is 3.79. The van der Waals surface area contributed by atoms with Crippen molar-refractivity contribution < 1.29 is 24.2 Å². The van der Waals surface area contributed by atoms with Gasteiger partial charge < -0.3 is 9.84 Å². The maximum atomic E-state index is 11.9. The van der Waals surface area contributed by atoms with Crippen molar-refractivity contribution in [2.45, 2.75) is 32.8 Å². The number of ketones is 2. The highest BCUT2D eigenvalue weighted by atomic mass is 16.5. The summed E-state index contributed by atoms with van der Waals surface area (Å²) in [6.45, 7) is 5.02. The number of carboxylic acids is 1. The summed E-state index contributed by atoms with van der Waals surface area (Å²) in [6, 6.07) is 0. The number of allylic oxidation sites excluding steroid dienone is 2. The van der Waals surface area contributed by atoms with Crippen LogP contribution in [0.1, 0.15) is 27.2 Å². The van der Waals surface area contributed by atoms with Crippen LogP contribution < -0.4 is 0 Å². The lowest BCUT2D eigenvalue weighted by Gasteiger charge is -2.29. The van der Waals surface area contributed by atoms with E-state index < -0.39 is 23.4 Å². The Morgan fingerprint density at radius 2 is 1.95 bits per heavy atom. The maximum absolute atomic E-state index is 11.9. The van der Waals surface area contributed by atoms with E-state index in [4.69, 9.17) is 9.84 Å². The minimum absolute atomic E-state index is 0.0266. The van der Waals surface area contributed by atoms with Gasteiger partial charge in [0.2, 0.25) is 5.78 Å². The second-order valence-corrected chi connectivity index (χ2v) is 5.74. The molecule has 0 spiro atoms. The van der Waals surface area contributed by atoms with Crippen molar-refractivity contribution in [3.63, 3.8) is 0 Å². The molecule has 0 fully saturated rings. The highest BCUT2D eigenvalue weighted by molar-refractivity contribution is 6.02. The van der Waals surface area contributed by atoms with Gasteiger partial charge in [-0.25, -0.2) is 0 Å². The van der Waals surface area contributed by atoms with Gasteiger partial charge in [-0.1, -0.05) is 19.9 Å². The van der Waals surface area contributed by atoms with Crippen LogP contribution in [0, 0.1) is 11.3 Å². The van der Waals surface area contributed by atoms with Gasteiger partial charge in [0.05, 0.1) is 6.42 Å². The van der Waals surface area contributed by atoms with Crippen LogP contribution in [0.5, 0.6) is 0 Å². The van der Waals surface area contributed by atoms with E-state index in [0.29, 0.717) is 5.76 Å². The average molecular weight is 264 g/mol. The first kappa shape index (κ1) is 13.5. The zero-order valence-corrected chi connectivity index (χ0v) is 11.1. The molecule has 2 aliphatic rings. The number of ether oxygens (including phenoxy) is 1. The lowest BCUT2D eigenvalue weighted by molar-refractivity contribution is -0.147. The van der Waals surface area contributed by atoms with Gasteiger partial charge in [0.1, 0.15) is 5.76 Å². The third-order valence-corrected chi connectivity index (χ3v) is 3.79. The summed E-state index contributed by atoms with van der Waals surface area (Å²) in [4.78, 5) is 34.4. The van der Waals surface area contributed by atoms with Gasteiger partial charge in [-0.15, -0.1) is 0 Å². The molecule has 5 heteroatoms. The number of carboxylic acid groups (broad SMARTS) is 1. The highest BCUT2D eigenvalue weighted by Gasteiger charge is 2.48.